The molecule has 3 fully saturated rings. The Hall–Kier alpha value is -1.92. The second kappa shape index (κ2) is 2.73. The number of rotatable bonds is 0. The fraction of sp³-hybridized carbons (Fsp3) is 0.667. The number of amidine groups is 1. The van der Waals surface area contributed by atoms with Crippen molar-refractivity contribution in [2.24, 2.45) is 21.7 Å². The van der Waals surface area contributed by atoms with Gasteiger partial charge in [0.25, 0.3) is 0 Å². The third-order valence-electron chi connectivity index (χ3n) is 4.65. The molecule has 4 bridgehead atoms. The molecule has 4 heterocycles. The molecular formula is C12H12N4O2. The maximum absolute atomic E-state index is 9.63. The lowest BCUT2D eigenvalue weighted by Gasteiger charge is -2.59. The number of hydrogen-bond donors (Lipinski definition) is 1. The molecule has 1 N–H and O–H groups in total. The number of fused-ring (bicyclic) bond motifs is 1. The van der Waals surface area contributed by atoms with Crippen molar-refractivity contribution in [2.75, 3.05) is 0 Å². The minimum Gasteiger partial charge on any atom is -0.447 e. The Labute approximate surface area is 104 Å². The van der Waals surface area contributed by atoms with Crippen LogP contribution in [-0.2, 0) is 9.47 Å². The van der Waals surface area contributed by atoms with Crippen LogP contribution in [0.1, 0.15) is 20.8 Å². The molecule has 0 saturated carbocycles. The Morgan fingerprint density at radius 1 is 1.28 bits per heavy atom. The summed E-state index contributed by atoms with van der Waals surface area (Å²) in [6.45, 7) is 5.23. The van der Waals surface area contributed by atoms with Gasteiger partial charge in [0, 0.05) is 12.8 Å². The quantitative estimate of drug-likeness (QED) is 0.691. The number of nitrogens with one attached hydrogen (secondary N) is 1. The minimum atomic E-state index is -1.30. The summed E-state index contributed by atoms with van der Waals surface area (Å²) >= 11 is 0. The monoisotopic (exact) mass is 244 g/mol. The van der Waals surface area contributed by atoms with Crippen molar-refractivity contribution in [3.8, 4) is 12.1 Å². The lowest BCUT2D eigenvalue weighted by atomic mass is 9.52. The lowest BCUT2D eigenvalue weighted by molar-refractivity contribution is -0.325. The van der Waals surface area contributed by atoms with Crippen molar-refractivity contribution >= 4 is 11.7 Å². The average Bonchev–Trinajstić information content (AvgIpc) is 2.52. The number of nitrogens with zero attached hydrogens (tertiary/aromatic N) is 3. The van der Waals surface area contributed by atoms with Gasteiger partial charge in [0.05, 0.1) is 18.2 Å². The molecule has 0 aliphatic carbocycles. The molecule has 3 saturated heterocycles. The summed E-state index contributed by atoms with van der Waals surface area (Å²) in [5, 5.41) is 27.2. The summed E-state index contributed by atoms with van der Waals surface area (Å²) in [7, 11) is 0. The van der Waals surface area contributed by atoms with Crippen molar-refractivity contribution < 1.29 is 9.47 Å². The van der Waals surface area contributed by atoms with E-state index in [4.69, 9.17) is 14.9 Å². The predicted molar refractivity (Wildman–Crippen MR) is 60.5 cm³/mol. The van der Waals surface area contributed by atoms with E-state index in [1.54, 1.807) is 20.8 Å². The summed E-state index contributed by atoms with van der Waals surface area (Å²) in [6.07, 6.45) is -0.529. The van der Waals surface area contributed by atoms with Gasteiger partial charge < -0.3 is 9.47 Å². The summed E-state index contributed by atoms with van der Waals surface area (Å²) in [6, 6.07) is 4.31. The van der Waals surface area contributed by atoms with Crippen LogP contribution < -0.4 is 0 Å². The highest BCUT2D eigenvalue weighted by Gasteiger charge is 2.80. The van der Waals surface area contributed by atoms with Gasteiger partial charge in [-0.05, 0) is 6.92 Å². The van der Waals surface area contributed by atoms with Gasteiger partial charge in [-0.25, -0.2) is 0 Å². The first kappa shape index (κ1) is 11.2. The normalized spacial score (nSPS) is 52.3. The Bertz CT molecular complexity index is 586. The molecule has 18 heavy (non-hydrogen) atoms. The molecule has 4 aliphatic heterocycles. The zero-order chi connectivity index (χ0) is 13.3. The molecule has 4 aliphatic rings. The molecule has 0 amide bonds. The Morgan fingerprint density at radius 3 is 2.44 bits per heavy atom. The molecule has 6 heteroatoms. The first-order valence-electron chi connectivity index (χ1n) is 5.76. The molecule has 0 radical (unpaired) electrons. The second-order valence-electron chi connectivity index (χ2n) is 5.20. The molecule has 0 unspecified atom stereocenters. The first-order chi connectivity index (χ1) is 8.39. The smallest absolute Gasteiger partial charge is 0.218 e. The molecule has 0 aromatic rings. The second-order valence-corrected chi connectivity index (χ2v) is 5.20. The third kappa shape index (κ3) is 0.739. The van der Waals surface area contributed by atoms with Crippen LogP contribution >= 0.6 is 0 Å². The highest BCUT2D eigenvalue weighted by atomic mass is 16.7. The van der Waals surface area contributed by atoms with Crippen LogP contribution in [0.2, 0.25) is 0 Å². The van der Waals surface area contributed by atoms with E-state index in [2.05, 4.69) is 17.1 Å². The van der Waals surface area contributed by atoms with Crippen LogP contribution in [-0.4, -0.2) is 23.6 Å². The topological polar surface area (TPSA) is 102 Å². The molecule has 0 spiro atoms. The summed E-state index contributed by atoms with van der Waals surface area (Å²) in [5.74, 6) is -1.37. The highest BCUT2D eigenvalue weighted by Crippen LogP contribution is 2.65. The van der Waals surface area contributed by atoms with E-state index < -0.39 is 28.6 Å². The predicted octanol–water partition coefficient (Wildman–Crippen LogP) is 1.20. The summed E-state index contributed by atoms with van der Waals surface area (Å²) < 4.78 is 11.4. The zero-order valence-electron chi connectivity index (χ0n) is 10.3. The van der Waals surface area contributed by atoms with Gasteiger partial charge in [0.1, 0.15) is 5.84 Å². The van der Waals surface area contributed by atoms with Crippen LogP contribution in [0, 0.1) is 44.8 Å². The van der Waals surface area contributed by atoms with Crippen LogP contribution in [0.3, 0.4) is 0 Å². The molecule has 92 valence electrons. The number of aliphatic imine (C=N–C) groups is 1. The van der Waals surface area contributed by atoms with Gasteiger partial charge in [-0.2, -0.15) is 15.5 Å². The minimum absolute atomic E-state index is 0.0899. The molecule has 5 atom stereocenters. The van der Waals surface area contributed by atoms with E-state index in [0.717, 1.165) is 0 Å². The average molecular weight is 244 g/mol. The van der Waals surface area contributed by atoms with Crippen molar-refractivity contribution in [2.45, 2.75) is 32.7 Å². The lowest BCUT2D eigenvalue weighted by Crippen LogP contribution is -2.72. The molecule has 0 aromatic carbocycles. The van der Waals surface area contributed by atoms with E-state index >= 15 is 0 Å². The molecule has 4 rings (SSSR count). The molecule has 6 nitrogen and oxygen atoms in total. The summed E-state index contributed by atoms with van der Waals surface area (Å²) in [5.41, 5.74) is -2.57. The van der Waals surface area contributed by atoms with Crippen LogP contribution in [0.15, 0.2) is 4.99 Å². The highest BCUT2D eigenvalue weighted by molar-refractivity contribution is 6.12. The standard InChI is InChI=1S/C12H12N4O2/c1-6-10(3)17-7(2)12(5-14)9(18-10)16-8(15)11(6,12)4-13/h6-7,15H,1-3H3/t6-,7+,10+,11-,12-/m0/s1. The third-order valence-corrected chi connectivity index (χ3v) is 4.65. The van der Waals surface area contributed by atoms with E-state index in [9.17, 15) is 10.5 Å². The summed E-state index contributed by atoms with van der Waals surface area (Å²) in [4.78, 5) is 4.02. The van der Waals surface area contributed by atoms with Crippen molar-refractivity contribution in [3.63, 3.8) is 0 Å². The Morgan fingerprint density at radius 2 is 1.89 bits per heavy atom. The number of ether oxygens (including phenoxy) is 2. The van der Waals surface area contributed by atoms with Crippen LogP contribution in [0.5, 0.6) is 0 Å². The fourth-order valence-corrected chi connectivity index (χ4v) is 3.48. The fourth-order valence-electron chi connectivity index (χ4n) is 3.48. The van der Waals surface area contributed by atoms with Crippen LogP contribution in [0.25, 0.3) is 0 Å². The van der Waals surface area contributed by atoms with E-state index in [0.29, 0.717) is 0 Å². The van der Waals surface area contributed by atoms with E-state index in [1.807, 2.05) is 0 Å². The van der Waals surface area contributed by atoms with Crippen molar-refractivity contribution in [3.05, 3.63) is 0 Å². The van der Waals surface area contributed by atoms with E-state index in [1.165, 1.54) is 0 Å². The van der Waals surface area contributed by atoms with Gasteiger partial charge in [0.15, 0.2) is 10.8 Å². The maximum Gasteiger partial charge on any atom is 0.218 e. The van der Waals surface area contributed by atoms with Gasteiger partial charge in [-0.3, -0.25) is 5.41 Å². The van der Waals surface area contributed by atoms with Crippen molar-refractivity contribution in [1.29, 1.82) is 15.9 Å². The molecular weight excluding hydrogens is 232 g/mol. The number of nitriles is 2. The Kier molecular flexibility index (Phi) is 1.70. The van der Waals surface area contributed by atoms with Gasteiger partial charge >= 0.3 is 0 Å². The van der Waals surface area contributed by atoms with Crippen molar-refractivity contribution in [1.82, 2.24) is 0 Å². The molecule has 0 aromatic heterocycles. The van der Waals surface area contributed by atoms with Gasteiger partial charge in [-0.1, -0.05) is 6.92 Å². The maximum atomic E-state index is 9.63. The zero-order valence-corrected chi connectivity index (χ0v) is 10.3. The van der Waals surface area contributed by atoms with Gasteiger partial charge in [-0.15, -0.1) is 0 Å². The SMILES string of the molecule is C[C@H]1O[C@]2(C)OC3=NC(=N)[C@](C#N)([C@H]2C)[C@]31C#N. The Balaban J connectivity index is 2.39. The largest absolute Gasteiger partial charge is 0.447 e. The van der Waals surface area contributed by atoms with Crippen LogP contribution in [0.4, 0.5) is 0 Å². The van der Waals surface area contributed by atoms with E-state index in [-0.39, 0.29) is 11.7 Å². The number of hydrogen-bond acceptors (Lipinski definition) is 5. The first-order valence-corrected chi connectivity index (χ1v) is 5.76. The van der Waals surface area contributed by atoms with Gasteiger partial charge in [0.2, 0.25) is 11.7 Å².